The molecule has 1 rings (SSSR count). The lowest BCUT2D eigenvalue weighted by atomic mass is 10.5. The van der Waals surface area contributed by atoms with E-state index in [1.165, 1.54) is 24.6 Å². The number of thiazole rings is 1. The Morgan fingerprint density at radius 2 is 2.58 bits per heavy atom. The van der Waals surface area contributed by atoms with Gasteiger partial charge in [-0.05, 0) is 5.92 Å². The lowest BCUT2D eigenvalue weighted by Crippen LogP contribution is -1.93. The SMILES string of the molecule is COC(=O)C#Cc1cnc(N)s1. The van der Waals surface area contributed by atoms with Crippen LogP contribution in [0.3, 0.4) is 0 Å². The summed E-state index contributed by atoms with van der Waals surface area (Å²) in [5.74, 6) is 4.27. The molecule has 0 atom stereocenters. The number of anilines is 1. The van der Waals surface area contributed by atoms with Gasteiger partial charge in [-0.2, -0.15) is 0 Å². The van der Waals surface area contributed by atoms with Crippen molar-refractivity contribution in [3.63, 3.8) is 0 Å². The molecule has 0 aliphatic carbocycles. The van der Waals surface area contributed by atoms with E-state index in [1.807, 2.05) is 0 Å². The van der Waals surface area contributed by atoms with E-state index in [0.717, 1.165) is 0 Å². The molecule has 1 aromatic rings. The molecule has 1 aromatic heterocycles. The molecular formula is C7H6N2O2S. The molecule has 0 saturated carbocycles. The fourth-order valence-electron chi connectivity index (χ4n) is 0.509. The Bertz CT molecular complexity index is 348. The molecule has 0 aromatic carbocycles. The van der Waals surface area contributed by atoms with E-state index in [-0.39, 0.29) is 0 Å². The van der Waals surface area contributed by atoms with Crippen molar-refractivity contribution in [3.8, 4) is 11.8 Å². The van der Waals surface area contributed by atoms with Crippen LogP contribution < -0.4 is 5.73 Å². The van der Waals surface area contributed by atoms with Crippen molar-refractivity contribution in [2.75, 3.05) is 12.8 Å². The summed E-state index contributed by atoms with van der Waals surface area (Å²) in [6.45, 7) is 0. The van der Waals surface area contributed by atoms with Crippen molar-refractivity contribution < 1.29 is 9.53 Å². The van der Waals surface area contributed by atoms with Crippen molar-refractivity contribution in [1.29, 1.82) is 0 Å². The van der Waals surface area contributed by atoms with Gasteiger partial charge in [0.25, 0.3) is 0 Å². The van der Waals surface area contributed by atoms with E-state index < -0.39 is 5.97 Å². The number of ether oxygens (including phenoxy) is 1. The van der Waals surface area contributed by atoms with Gasteiger partial charge in [0, 0.05) is 5.92 Å². The minimum Gasteiger partial charge on any atom is -0.459 e. The molecule has 0 saturated heterocycles. The van der Waals surface area contributed by atoms with Crippen molar-refractivity contribution >= 4 is 22.4 Å². The molecule has 2 N–H and O–H groups in total. The van der Waals surface area contributed by atoms with E-state index in [4.69, 9.17) is 5.73 Å². The Balaban J connectivity index is 2.73. The molecule has 4 nitrogen and oxygen atoms in total. The van der Waals surface area contributed by atoms with E-state index in [9.17, 15) is 4.79 Å². The first-order chi connectivity index (χ1) is 5.72. The van der Waals surface area contributed by atoms with Gasteiger partial charge in [-0.3, -0.25) is 0 Å². The highest BCUT2D eigenvalue weighted by atomic mass is 32.1. The third-order valence-corrected chi connectivity index (χ3v) is 1.74. The molecule has 0 aliphatic heterocycles. The normalized spacial score (nSPS) is 8.42. The highest BCUT2D eigenvalue weighted by Crippen LogP contribution is 2.12. The molecule has 0 spiro atoms. The molecular weight excluding hydrogens is 176 g/mol. The van der Waals surface area contributed by atoms with Crippen LogP contribution >= 0.6 is 11.3 Å². The first-order valence-electron chi connectivity index (χ1n) is 3.03. The van der Waals surface area contributed by atoms with Gasteiger partial charge in [-0.1, -0.05) is 11.3 Å². The fourth-order valence-corrected chi connectivity index (χ4v) is 1.05. The van der Waals surface area contributed by atoms with Gasteiger partial charge < -0.3 is 10.5 Å². The molecule has 0 amide bonds. The van der Waals surface area contributed by atoms with E-state index in [1.54, 1.807) is 0 Å². The topological polar surface area (TPSA) is 65.2 Å². The number of nitrogen functional groups attached to an aromatic ring is 1. The Morgan fingerprint density at radius 3 is 3.08 bits per heavy atom. The first kappa shape index (κ1) is 8.56. The molecule has 0 aliphatic rings. The standard InChI is InChI=1S/C7H6N2O2S/c1-11-6(10)3-2-5-4-9-7(8)12-5/h4H,1H3,(H2,8,9). The number of nitrogens with two attached hydrogens (primary N) is 1. The molecule has 0 bridgehead atoms. The average molecular weight is 182 g/mol. The summed E-state index contributed by atoms with van der Waals surface area (Å²) in [6.07, 6.45) is 1.51. The number of rotatable bonds is 0. The Kier molecular flexibility index (Phi) is 2.66. The maximum atomic E-state index is 10.5. The maximum Gasteiger partial charge on any atom is 0.384 e. The predicted molar refractivity (Wildman–Crippen MR) is 45.4 cm³/mol. The zero-order valence-electron chi connectivity index (χ0n) is 6.33. The van der Waals surface area contributed by atoms with Crippen LogP contribution in [-0.2, 0) is 9.53 Å². The summed E-state index contributed by atoms with van der Waals surface area (Å²) < 4.78 is 4.32. The van der Waals surface area contributed by atoms with Gasteiger partial charge in [-0.25, -0.2) is 9.78 Å². The Morgan fingerprint density at radius 1 is 1.83 bits per heavy atom. The minimum atomic E-state index is -0.568. The van der Waals surface area contributed by atoms with Crippen LogP contribution in [0.5, 0.6) is 0 Å². The number of hydrogen-bond donors (Lipinski definition) is 1. The second kappa shape index (κ2) is 3.74. The monoisotopic (exact) mass is 182 g/mol. The highest BCUT2D eigenvalue weighted by molar-refractivity contribution is 7.15. The van der Waals surface area contributed by atoms with Crippen LogP contribution in [0.15, 0.2) is 6.20 Å². The largest absolute Gasteiger partial charge is 0.459 e. The number of methoxy groups -OCH3 is 1. The minimum absolute atomic E-state index is 0.434. The smallest absolute Gasteiger partial charge is 0.384 e. The molecule has 0 fully saturated rings. The molecule has 12 heavy (non-hydrogen) atoms. The number of carbonyl (C=O) groups is 1. The van der Waals surface area contributed by atoms with Crippen LogP contribution in [0.4, 0.5) is 5.13 Å². The van der Waals surface area contributed by atoms with Gasteiger partial charge in [0.05, 0.1) is 18.2 Å². The maximum absolute atomic E-state index is 10.5. The molecule has 62 valence electrons. The van der Waals surface area contributed by atoms with Crippen LogP contribution in [-0.4, -0.2) is 18.1 Å². The summed E-state index contributed by atoms with van der Waals surface area (Å²) in [5.41, 5.74) is 5.34. The number of nitrogens with zero attached hydrogens (tertiary/aromatic N) is 1. The summed E-state index contributed by atoms with van der Waals surface area (Å²) in [5, 5.41) is 0.434. The zero-order valence-corrected chi connectivity index (χ0v) is 7.14. The fraction of sp³-hybridized carbons (Fsp3) is 0.143. The van der Waals surface area contributed by atoms with E-state index in [0.29, 0.717) is 10.0 Å². The Hall–Kier alpha value is -1.54. The lowest BCUT2D eigenvalue weighted by molar-refractivity contribution is -0.133. The van der Waals surface area contributed by atoms with Crippen LogP contribution in [0.1, 0.15) is 4.88 Å². The van der Waals surface area contributed by atoms with Gasteiger partial charge in [0.15, 0.2) is 5.13 Å². The Labute approximate surface area is 73.4 Å². The van der Waals surface area contributed by atoms with Crippen molar-refractivity contribution in [2.45, 2.75) is 0 Å². The molecule has 5 heteroatoms. The number of esters is 1. The summed E-state index contributed by atoms with van der Waals surface area (Å²) >= 11 is 1.23. The van der Waals surface area contributed by atoms with Gasteiger partial charge in [0.1, 0.15) is 0 Å². The van der Waals surface area contributed by atoms with Gasteiger partial charge in [-0.15, -0.1) is 0 Å². The van der Waals surface area contributed by atoms with E-state index >= 15 is 0 Å². The third kappa shape index (κ3) is 2.25. The lowest BCUT2D eigenvalue weighted by Gasteiger charge is -1.82. The predicted octanol–water partition coefficient (Wildman–Crippen LogP) is 0.250. The quantitative estimate of drug-likeness (QED) is 0.461. The second-order valence-corrected chi connectivity index (χ2v) is 2.87. The zero-order chi connectivity index (χ0) is 8.97. The van der Waals surface area contributed by atoms with Crippen LogP contribution in [0.2, 0.25) is 0 Å². The van der Waals surface area contributed by atoms with Crippen molar-refractivity contribution in [3.05, 3.63) is 11.1 Å². The first-order valence-corrected chi connectivity index (χ1v) is 3.85. The summed E-state index contributed by atoms with van der Waals surface area (Å²) in [4.78, 5) is 15.0. The molecule has 1 heterocycles. The van der Waals surface area contributed by atoms with Gasteiger partial charge in [0.2, 0.25) is 0 Å². The van der Waals surface area contributed by atoms with Crippen LogP contribution in [0, 0.1) is 11.8 Å². The summed E-state index contributed by atoms with van der Waals surface area (Å²) in [7, 11) is 1.28. The van der Waals surface area contributed by atoms with Crippen LogP contribution in [0.25, 0.3) is 0 Å². The highest BCUT2D eigenvalue weighted by Gasteiger charge is 1.94. The van der Waals surface area contributed by atoms with Crippen molar-refractivity contribution in [1.82, 2.24) is 4.98 Å². The molecule has 0 unspecified atom stereocenters. The number of hydrogen-bond acceptors (Lipinski definition) is 5. The second-order valence-electron chi connectivity index (χ2n) is 1.80. The number of aromatic nitrogens is 1. The number of carbonyl (C=O) groups excluding carboxylic acids is 1. The third-order valence-electron chi connectivity index (χ3n) is 0.997. The van der Waals surface area contributed by atoms with Gasteiger partial charge >= 0.3 is 5.97 Å². The van der Waals surface area contributed by atoms with Crippen molar-refractivity contribution in [2.24, 2.45) is 0 Å². The summed E-state index contributed by atoms with van der Waals surface area (Å²) in [6, 6.07) is 0. The molecule has 0 radical (unpaired) electrons. The average Bonchev–Trinajstić information content (AvgIpc) is 2.47. The van der Waals surface area contributed by atoms with E-state index in [2.05, 4.69) is 21.6 Å².